The maximum atomic E-state index is 12.1. The average Bonchev–Trinajstić information content (AvgIpc) is 2.98. The number of fused-ring (bicyclic) bond motifs is 2. The van der Waals surface area contributed by atoms with Gasteiger partial charge in [-0.25, -0.2) is 0 Å². The molecular formula is C14H18NO4-. The number of carboxylic acid groups (broad SMARTS) is 1. The van der Waals surface area contributed by atoms with Crippen molar-refractivity contribution in [2.75, 3.05) is 19.8 Å². The molecule has 2 aliphatic rings. The maximum absolute atomic E-state index is 12.1. The Kier molecular flexibility index (Phi) is 4.37. The van der Waals surface area contributed by atoms with Crippen molar-refractivity contribution in [3.63, 3.8) is 0 Å². The fourth-order valence-electron chi connectivity index (χ4n) is 3.03. The van der Waals surface area contributed by atoms with Crippen LogP contribution in [-0.4, -0.2) is 31.6 Å². The van der Waals surface area contributed by atoms with Crippen molar-refractivity contribution >= 4 is 11.9 Å². The second-order valence-electron chi connectivity index (χ2n) is 4.97. The van der Waals surface area contributed by atoms with Crippen molar-refractivity contribution in [1.29, 1.82) is 0 Å². The lowest BCUT2D eigenvalue weighted by Crippen LogP contribution is -2.45. The quantitative estimate of drug-likeness (QED) is 0.496. The van der Waals surface area contributed by atoms with Crippen LogP contribution in [0.1, 0.15) is 6.42 Å². The molecule has 0 spiro atoms. The molecule has 104 valence electrons. The van der Waals surface area contributed by atoms with Crippen LogP contribution in [0.2, 0.25) is 0 Å². The number of amides is 1. The first-order valence-electron chi connectivity index (χ1n) is 6.50. The number of allylic oxidation sites excluding steroid dienone is 2. The third-order valence-corrected chi connectivity index (χ3v) is 3.82. The van der Waals surface area contributed by atoms with E-state index in [9.17, 15) is 14.7 Å². The van der Waals surface area contributed by atoms with E-state index in [1.165, 1.54) is 0 Å². The van der Waals surface area contributed by atoms with Crippen molar-refractivity contribution in [3.8, 4) is 0 Å². The van der Waals surface area contributed by atoms with Gasteiger partial charge in [0.05, 0.1) is 19.1 Å². The lowest BCUT2D eigenvalue weighted by atomic mass is 9.82. The van der Waals surface area contributed by atoms with Crippen molar-refractivity contribution in [1.82, 2.24) is 5.32 Å². The van der Waals surface area contributed by atoms with Crippen LogP contribution in [0.5, 0.6) is 0 Å². The molecule has 0 radical (unpaired) electrons. The standard InChI is InChI=1S/C14H19NO4/c1-2-6-19-7-5-15-13(16)11-9-3-4-10(8-9)12(11)14(17)18/h2-4,9-12H,1,5-8H2,(H,15,16)(H,17,18)/p-1/t9-,10+,11+,12+/m0/s1. The predicted octanol–water partition coefficient (Wildman–Crippen LogP) is -0.507. The largest absolute Gasteiger partial charge is 0.550 e. The van der Waals surface area contributed by atoms with Crippen LogP contribution >= 0.6 is 0 Å². The Bertz CT molecular complexity index is 404. The van der Waals surface area contributed by atoms with Crippen LogP contribution in [0.4, 0.5) is 0 Å². The van der Waals surface area contributed by atoms with E-state index in [1.807, 2.05) is 12.2 Å². The van der Waals surface area contributed by atoms with Gasteiger partial charge in [-0.1, -0.05) is 18.2 Å². The number of hydrogen-bond acceptors (Lipinski definition) is 4. The monoisotopic (exact) mass is 264 g/mol. The first-order chi connectivity index (χ1) is 9.15. The van der Waals surface area contributed by atoms with Gasteiger partial charge in [-0.2, -0.15) is 0 Å². The summed E-state index contributed by atoms with van der Waals surface area (Å²) in [7, 11) is 0. The number of hydrogen-bond donors (Lipinski definition) is 1. The Labute approximate surface area is 112 Å². The number of ether oxygens (including phenoxy) is 1. The van der Waals surface area contributed by atoms with Gasteiger partial charge in [0.2, 0.25) is 5.91 Å². The summed E-state index contributed by atoms with van der Waals surface area (Å²) in [6.45, 7) is 4.73. The molecule has 0 saturated heterocycles. The third kappa shape index (κ3) is 2.87. The van der Waals surface area contributed by atoms with E-state index in [1.54, 1.807) is 6.08 Å². The maximum Gasteiger partial charge on any atom is 0.224 e. The highest BCUT2D eigenvalue weighted by Gasteiger charge is 2.48. The topological polar surface area (TPSA) is 78.5 Å². The van der Waals surface area contributed by atoms with Crippen LogP contribution in [0.25, 0.3) is 0 Å². The van der Waals surface area contributed by atoms with Gasteiger partial charge >= 0.3 is 0 Å². The zero-order chi connectivity index (χ0) is 13.8. The minimum Gasteiger partial charge on any atom is -0.550 e. The number of carboxylic acids is 1. The third-order valence-electron chi connectivity index (χ3n) is 3.82. The van der Waals surface area contributed by atoms with E-state index >= 15 is 0 Å². The van der Waals surface area contributed by atoms with Crippen LogP contribution in [-0.2, 0) is 14.3 Å². The van der Waals surface area contributed by atoms with E-state index in [0.717, 1.165) is 6.42 Å². The van der Waals surface area contributed by atoms with Gasteiger partial charge in [-0.05, 0) is 18.3 Å². The van der Waals surface area contributed by atoms with E-state index < -0.39 is 17.8 Å². The molecule has 0 unspecified atom stereocenters. The molecule has 1 saturated carbocycles. The average molecular weight is 264 g/mol. The van der Waals surface area contributed by atoms with Crippen LogP contribution in [0, 0.1) is 23.7 Å². The predicted molar refractivity (Wildman–Crippen MR) is 66.7 cm³/mol. The van der Waals surface area contributed by atoms with Gasteiger partial charge in [0.25, 0.3) is 0 Å². The van der Waals surface area contributed by atoms with Gasteiger partial charge in [-0.15, -0.1) is 6.58 Å². The Morgan fingerprint density at radius 2 is 2.05 bits per heavy atom. The smallest absolute Gasteiger partial charge is 0.224 e. The van der Waals surface area contributed by atoms with Crippen molar-refractivity contribution < 1.29 is 19.4 Å². The molecule has 1 fully saturated rings. The highest BCUT2D eigenvalue weighted by molar-refractivity contribution is 5.86. The summed E-state index contributed by atoms with van der Waals surface area (Å²) in [5.74, 6) is -2.55. The molecule has 0 aliphatic heterocycles. The molecule has 0 heterocycles. The normalized spacial score (nSPS) is 31.4. The van der Waals surface area contributed by atoms with Gasteiger partial charge in [0.1, 0.15) is 0 Å². The number of rotatable bonds is 7. The molecule has 2 rings (SSSR count). The number of aliphatic carboxylic acids is 1. The van der Waals surface area contributed by atoms with Crippen molar-refractivity contribution in [2.24, 2.45) is 23.7 Å². The van der Waals surface area contributed by atoms with Gasteiger partial charge in [0.15, 0.2) is 0 Å². The zero-order valence-electron chi connectivity index (χ0n) is 10.7. The highest BCUT2D eigenvalue weighted by atomic mass is 16.5. The van der Waals surface area contributed by atoms with Crippen LogP contribution < -0.4 is 10.4 Å². The molecule has 2 aliphatic carbocycles. The summed E-state index contributed by atoms with van der Waals surface area (Å²) in [5.41, 5.74) is 0. The van der Waals surface area contributed by atoms with E-state index in [2.05, 4.69) is 11.9 Å². The Hall–Kier alpha value is -1.62. The molecule has 0 aromatic heterocycles. The lowest BCUT2D eigenvalue weighted by Gasteiger charge is -2.27. The Morgan fingerprint density at radius 3 is 2.68 bits per heavy atom. The molecular weight excluding hydrogens is 246 g/mol. The van der Waals surface area contributed by atoms with E-state index in [0.29, 0.717) is 19.8 Å². The second-order valence-corrected chi connectivity index (χ2v) is 4.97. The molecule has 2 bridgehead atoms. The SMILES string of the molecule is C=CCOCCNC(=O)[C@H]1[C@H](C(=O)[O-])[C@@H]2C=C[C@H]1C2. The van der Waals surface area contributed by atoms with E-state index in [-0.39, 0.29) is 17.7 Å². The summed E-state index contributed by atoms with van der Waals surface area (Å²) < 4.78 is 5.16. The van der Waals surface area contributed by atoms with Gasteiger partial charge < -0.3 is 20.0 Å². The summed E-state index contributed by atoms with van der Waals surface area (Å²) in [6, 6.07) is 0. The minimum absolute atomic E-state index is 0.0296. The Balaban J connectivity index is 1.86. The summed E-state index contributed by atoms with van der Waals surface area (Å²) in [5, 5.41) is 13.9. The van der Waals surface area contributed by atoms with Gasteiger partial charge in [0, 0.05) is 18.4 Å². The second kappa shape index (κ2) is 6.02. The molecule has 1 N–H and O–H groups in total. The molecule has 19 heavy (non-hydrogen) atoms. The Morgan fingerprint density at radius 1 is 1.37 bits per heavy atom. The summed E-state index contributed by atoms with van der Waals surface area (Å²) in [4.78, 5) is 23.2. The zero-order valence-corrected chi connectivity index (χ0v) is 10.7. The fraction of sp³-hybridized carbons (Fsp3) is 0.571. The first-order valence-corrected chi connectivity index (χ1v) is 6.50. The number of carbonyl (C=O) groups is 2. The number of nitrogens with one attached hydrogen (secondary N) is 1. The van der Waals surface area contributed by atoms with Crippen molar-refractivity contribution in [2.45, 2.75) is 6.42 Å². The fourth-order valence-corrected chi connectivity index (χ4v) is 3.03. The van der Waals surface area contributed by atoms with Crippen LogP contribution in [0.3, 0.4) is 0 Å². The van der Waals surface area contributed by atoms with Crippen molar-refractivity contribution in [3.05, 3.63) is 24.8 Å². The van der Waals surface area contributed by atoms with Gasteiger partial charge in [-0.3, -0.25) is 4.79 Å². The molecule has 0 aromatic rings. The summed E-state index contributed by atoms with van der Waals surface area (Å²) in [6.07, 6.45) is 6.21. The first kappa shape index (κ1) is 13.8. The lowest BCUT2D eigenvalue weighted by molar-refractivity contribution is -0.313. The molecule has 5 nitrogen and oxygen atoms in total. The molecule has 5 heteroatoms. The van der Waals surface area contributed by atoms with Crippen LogP contribution in [0.15, 0.2) is 24.8 Å². The summed E-state index contributed by atoms with van der Waals surface area (Å²) >= 11 is 0. The molecule has 0 aromatic carbocycles. The number of carbonyl (C=O) groups excluding carboxylic acids is 2. The molecule has 1 amide bonds. The minimum atomic E-state index is -1.13. The molecule has 4 atom stereocenters. The highest BCUT2D eigenvalue weighted by Crippen LogP contribution is 2.47. The van der Waals surface area contributed by atoms with E-state index in [4.69, 9.17) is 4.74 Å².